The number of hydrogen-bond acceptors (Lipinski definition) is 2. The summed E-state index contributed by atoms with van der Waals surface area (Å²) >= 11 is 0. The average molecular weight is 222 g/mol. The van der Waals surface area contributed by atoms with E-state index >= 15 is 0 Å². The lowest BCUT2D eigenvalue weighted by Gasteiger charge is -2.31. The van der Waals surface area contributed by atoms with Gasteiger partial charge in [-0.05, 0) is 19.8 Å². The average Bonchev–Trinajstić information content (AvgIpc) is 2.30. The van der Waals surface area contributed by atoms with Crippen LogP contribution in [0.5, 0.6) is 0 Å². The number of hydrogen-bond donors (Lipinski definition) is 1. The number of rotatable bonds is 1. The van der Waals surface area contributed by atoms with Crippen molar-refractivity contribution in [3.05, 3.63) is 11.6 Å². The Morgan fingerprint density at radius 3 is 2.88 bits per heavy atom. The molecular formula is C12H18N2O2. The van der Waals surface area contributed by atoms with Crippen molar-refractivity contribution in [1.82, 2.24) is 10.2 Å². The summed E-state index contributed by atoms with van der Waals surface area (Å²) in [5.41, 5.74) is 1.36. The highest BCUT2D eigenvalue weighted by atomic mass is 16.2. The van der Waals surface area contributed by atoms with Crippen LogP contribution in [0.2, 0.25) is 0 Å². The van der Waals surface area contributed by atoms with E-state index in [1.165, 1.54) is 5.57 Å². The van der Waals surface area contributed by atoms with Crippen molar-refractivity contribution in [2.24, 2.45) is 5.92 Å². The Morgan fingerprint density at radius 2 is 2.31 bits per heavy atom. The maximum Gasteiger partial charge on any atom is 0.227 e. The summed E-state index contributed by atoms with van der Waals surface area (Å²) < 4.78 is 0. The van der Waals surface area contributed by atoms with E-state index in [-0.39, 0.29) is 17.7 Å². The van der Waals surface area contributed by atoms with Gasteiger partial charge in [-0.1, -0.05) is 11.6 Å². The van der Waals surface area contributed by atoms with Crippen molar-refractivity contribution in [3.63, 3.8) is 0 Å². The van der Waals surface area contributed by atoms with E-state index in [2.05, 4.69) is 18.3 Å². The van der Waals surface area contributed by atoms with E-state index in [0.717, 1.165) is 19.5 Å². The minimum atomic E-state index is -0.00972. The highest BCUT2D eigenvalue weighted by Gasteiger charge is 2.28. The van der Waals surface area contributed by atoms with Crippen LogP contribution < -0.4 is 5.32 Å². The standard InChI is InChI=1S/C12H18N2O2/c1-9-4-6-14(7-5-9)12(16)10-2-3-11(15)13-8-10/h4,10H,2-3,5-8H2,1H3,(H,13,15). The van der Waals surface area contributed by atoms with E-state index in [9.17, 15) is 9.59 Å². The SMILES string of the molecule is CC1=CCN(C(=O)C2CCC(=O)NC2)CC1. The van der Waals surface area contributed by atoms with E-state index in [1.54, 1.807) is 0 Å². The largest absolute Gasteiger partial charge is 0.355 e. The third kappa shape index (κ3) is 2.43. The number of piperidine rings is 1. The first kappa shape index (κ1) is 11.2. The lowest BCUT2D eigenvalue weighted by molar-refractivity contribution is -0.137. The Hall–Kier alpha value is -1.32. The van der Waals surface area contributed by atoms with Crippen LogP contribution in [0.4, 0.5) is 0 Å². The summed E-state index contributed by atoms with van der Waals surface area (Å²) in [5.74, 6) is 0.256. The van der Waals surface area contributed by atoms with Crippen LogP contribution in [0, 0.1) is 5.92 Å². The molecule has 4 heteroatoms. The fourth-order valence-corrected chi connectivity index (χ4v) is 2.17. The van der Waals surface area contributed by atoms with Gasteiger partial charge < -0.3 is 10.2 Å². The lowest BCUT2D eigenvalue weighted by atomic mass is 9.96. The molecular weight excluding hydrogens is 204 g/mol. The molecule has 0 aromatic heterocycles. The van der Waals surface area contributed by atoms with Crippen molar-refractivity contribution in [2.45, 2.75) is 26.2 Å². The monoisotopic (exact) mass is 222 g/mol. The normalized spacial score (nSPS) is 26.1. The smallest absolute Gasteiger partial charge is 0.227 e. The lowest BCUT2D eigenvalue weighted by Crippen LogP contribution is -2.46. The molecule has 0 saturated carbocycles. The van der Waals surface area contributed by atoms with Crippen LogP contribution >= 0.6 is 0 Å². The Kier molecular flexibility index (Phi) is 3.27. The van der Waals surface area contributed by atoms with Crippen molar-refractivity contribution in [1.29, 1.82) is 0 Å². The molecule has 1 saturated heterocycles. The zero-order valence-electron chi connectivity index (χ0n) is 9.66. The molecule has 2 rings (SSSR count). The Labute approximate surface area is 95.7 Å². The predicted octanol–water partition coefficient (Wildman–Crippen LogP) is 0.691. The van der Waals surface area contributed by atoms with Gasteiger partial charge in [-0.15, -0.1) is 0 Å². The van der Waals surface area contributed by atoms with Gasteiger partial charge in [0.2, 0.25) is 11.8 Å². The number of nitrogens with one attached hydrogen (secondary N) is 1. The Bertz CT molecular complexity index is 326. The van der Waals surface area contributed by atoms with Crippen LogP contribution in [0.3, 0.4) is 0 Å². The second-order valence-corrected chi connectivity index (χ2v) is 4.62. The summed E-state index contributed by atoms with van der Waals surface area (Å²) in [5, 5.41) is 2.76. The number of carbonyl (C=O) groups excluding carboxylic acids is 2. The highest BCUT2D eigenvalue weighted by molar-refractivity contribution is 5.84. The molecule has 0 aromatic rings. The second kappa shape index (κ2) is 4.68. The van der Waals surface area contributed by atoms with Crippen molar-refractivity contribution < 1.29 is 9.59 Å². The van der Waals surface area contributed by atoms with Gasteiger partial charge in [0.1, 0.15) is 0 Å². The van der Waals surface area contributed by atoms with Gasteiger partial charge >= 0.3 is 0 Å². The first-order valence-corrected chi connectivity index (χ1v) is 5.88. The van der Waals surface area contributed by atoms with Gasteiger partial charge in [0.15, 0.2) is 0 Å². The first-order chi connectivity index (χ1) is 7.66. The molecule has 1 unspecified atom stereocenters. The summed E-state index contributed by atoms with van der Waals surface area (Å²) in [6.07, 6.45) is 4.27. The molecule has 16 heavy (non-hydrogen) atoms. The van der Waals surface area contributed by atoms with Gasteiger partial charge in [-0.3, -0.25) is 9.59 Å². The molecule has 1 atom stereocenters. The maximum atomic E-state index is 12.1. The first-order valence-electron chi connectivity index (χ1n) is 5.88. The third-order valence-corrected chi connectivity index (χ3v) is 3.36. The summed E-state index contributed by atoms with van der Waals surface area (Å²) in [6.45, 7) is 4.17. The van der Waals surface area contributed by atoms with E-state index in [1.807, 2.05) is 4.90 Å². The molecule has 0 spiro atoms. The maximum absolute atomic E-state index is 12.1. The zero-order valence-corrected chi connectivity index (χ0v) is 9.66. The molecule has 0 radical (unpaired) electrons. The van der Waals surface area contributed by atoms with Crippen molar-refractivity contribution in [2.75, 3.05) is 19.6 Å². The van der Waals surface area contributed by atoms with Crippen LogP contribution in [0.1, 0.15) is 26.2 Å². The van der Waals surface area contributed by atoms with Gasteiger partial charge in [0.25, 0.3) is 0 Å². The highest BCUT2D eigenvalue weighted by Crippen LogP contribution is 2.17. The van der Waals surface area contributed by atoms with Crippen molar-refractivity contribution >= 4 is 11.8 Å². The van der Waals surface area contributed by atoms with E-state index < -0.39 is 0 Å². The van der Waals surface area contributed by atoms with Gasteiger partial charge in [-0.25, -0.2) is 0 Å². The topological polar surface area (TPSA) is 49.4 Å². The molecule has 1 fully saturated rings. The number of nitrogens with zero attached hydrogens (tertiary/aromatic N) is 1. The third-order valence-electron chi connectivity index (χ3n) is 3.36. The molecule has 2 heterocycles. The minimum Gasteiger partial charge on any atom is -0.355 e. The fraction of sp³-hybridized carbons (Fsp3) is 0.667. The molecule has 0 aliphatic carbocycles. The molecule has 0 aromatic carbocycles. The molecule has 2 amide bonds. The van der Waals surface area contributed by atoms with Gasteiger partial charge in [0, 0.05) is 26.1 Å². The Balaban J connectivity index is 1.90. The molecule has 0 bridgehead atoms. The summed E-state index contributed by atoms with van der Waals surface area (Å²) in [7, 11) is 0. The van der Waals surface area contributed by atoms with Crippen LogP contribution in [-0.4, -0.2) is 36.3 Å². The summed E-state index contributed by atoms with van der Waals surface area (Å²) in [6, 6.07) is 0. The number of amides is 2. The van der Waals surface area contributed by atoms with Crippen LogP contribution in [0.15, 0.2) is 11.6 Å². The molecule has 1 N–H and O–H groups in total. The molecule has 4 nitrogen and oxygen atoms in total. The predicted molar refractivity (Wildman–Crippen MR) is 60.7 cm³/mol. The van der Waals surface area contributed by atoms with E-state index in [4.69, 9.17) is 0 Å². The zero-order chi connectivity index (χ0) is 11.5. The molecule has 88 valence electrons. The molecule has 2 aliphatic rings. The summed E-state index contributed by atoms with van der Waals surface area (Å²) in [4.78, 5) is 25.0. The Morgan fingerprint density at radius 1 is 1.50 bits per heavy atom. The fourth-order valence-electron chi connectivity index (χ4n) is 2.17. The van der Waals surface area contributed by atoms with Gasteiger partial charge in [0.05, 0.1) is 5.92 Å². The van der Waals surface area contributed by atoms with Gasteiger partial charge in [-0.2, -0.15) is 0 Å². The van der Waals surface area contributed by atoms with Crippen LogP contribution in [0.25, 0.3) is 0 Å². The number of carbonyl (C=O) groups is 2. The quantitative estimate of drug-likeness (QED) is 0.664. The molecule has 2 aliphatic heterocycles. The van der Waals surface area contributed by atoms with Crippen molar-refractivity contribution in [3.8, 4) is 0 Å². The minimum absolute atomic E-state index is 0.00972. The van der Waals surface area contributed by atoms with E-state index in [0.29, 0.717) is 19.4 Å². The second-order valence-electron chi connectivity index (χ2n) is 4.62. The van der Waals surface area contributed by atoms with Crippen LogP contribution in [-0.2, 0) is 9.59 Å².